The van der Waals surface area contributed by atoms with Crippen molar-refractivity contribution >= 4 is 5.97 Å². The quantitative estimate of drug-likeness (QED) is 0.567. The van der Waals surface area contributed by atoms with Crippen molar-refractivity contribution in [3.8, 4) is 0 Å². The number of esters is 1. The van der Waals surface area contributed by atoms with Crippen LogP contribution in [0.1, 0.15) is 20.3 Å². The lowest BCUT2D eigenvalue weighted by molar-refractivity contribution is -0.147. The van der Waals surface area contributed by atoms with Gasteiger partial charge in [-0.3, -0.25) is 4.79 Å². The molecule has 0 aliphatic rings. The van der Waals surface area contributed by atoms with Crippen molar-refractivity contribution in [1.82, 2.24) is 0 Å². The second kappa shape index (κ2) is 6.16. The van der Waals surface area contributed by atoms with Crippen LogP contribution in [0.25, 0.3) is 0 Å². The molecule has 3 heteroatoms. The van der Waals surface area contributed by atoms with Crippen LogP contribution < -0.4 is 0 Å². The Hall–Kier alpha value is -0.570. The average molecular weight is 160 g/mol. The summed E-state index contributed by atoms with van der Waals surface area (Å²) in [7, 11) is 1.40. The summed E-state index contributed by atoms with van der Waals surface area (Å²) in [6.07, 6.45) is 0.771. The van der Waals surface area contributed by atoms with Gasteiger partial charge in [0.2, 0.25) is 0 Å². The monoisotopic (exact) mass is 160 g/mol. The molecule has 0 aromatic rings. The molecule has 3 nitrogen and oxygen atoms in total. The second-order valence-corrected chi connectivity index (χ2v) is 2.29. The lowest BCUT2D eigenvalue weighted by Crippen LogP contribution is -2.20. The fraction of sp³-hybridized carbons (Fsp3) is 0.875. The largest absolute Gasteiger partial charge is 0.469 e. The molecule has 0 fully saturated rings. The molecule has 11 heavy (non-hydrogen) atoms. The van der Waals surface area contributed by atoms with E-state index >= 15 is 0 Å². The first-order chi connectivity index (χ1) is 5.26. The van der Waals surface area contributed by atoms with Gasteiger partial charge >= 0.3 is 5.97 Å². The third-order valence-corrected chi connectivity index (χ3v) is 1.55. The number of methoxy groups -OCH3 is 1. The van der Waals surface area contributed by atoms with E-state index in [2.05, 4.69) is 4.74 Å². The molecule has 0 aliphatic carbocycles. The van der Waals surface area contributed by atoms with E-state index in [4.69, 9.17) is 4.74 Å². The molecule has 0 spiro atoms. The van der Waals surface area contributed by atoms with Gasteiger partial charge in [-0.2, -0.15) is 0 Å². The summed E-state index contributed by atoms with van der Waals surface area (Å²) in [5, 5.41) is 0. The zero-order valence-corrected chi connectivity index (χ0v) is 7.42. The van der Waals surface area contributed by atoms with Crippen molar-refractivity contribution < 1.29 is 14.3 Å². The van der Waals surface area contributed by atoms with Gasteiger partial charge in [0.15, 0.2) is 0 Å². The van der Waals surface area contributed by atoms with E-state index < -0.39 is 0 Å². The van der Waals surface area contributed by atoms with E-state index in [0.29, 0.717) is 13.2 Å². The highest BCUT2D eigenvalue weighted by Gasteiger charge is 2.16. The Morgan fingerprint density at radius 2 is 2.09 bits per heavy atom. The maximum absolute atomic E-state index is 10.9. The van der Waals surface area contributed by atoms with Gasteiger partial charge in [0.05, 0.1) is 19.6 Å². The van der Waals surface area contributed by atoms with E-state index in [1.54, 1.807) is 0 Å². The molecular weight excluding hydrogens is 144 g/mol. The van der Waals surface area contributed by atoms with Crippen LogP contribution in [-0.2, 0) is 14.3 Å². The molecule has 0 bridgehead atoms. The standard InChI is InChI=1S/C8H16O3/c1-4-7(6-11-5-2)8(9)10-3/h7H,4-6H2,1-3H3. The summed E-state index contributed by atoms with van der Waals surface area (Å²) in [5.41, 5.74) is 0. The molecule has 1 unspecified atom stereocenters. The van der Waals surface area contributed by atoms with Crippen LogP contribution >= 0.6 is 0 Å². The summed E-state index contributed by atoms with van der Waals surface area (Å²) in [6.45, 7) is 4.97. The van der Waals surface area contributed by atoms with E-state index in [-0.39, 0.29) is 11.9 Å². The Labute approximate surface area is 67.7 Å². The van der Waals surface area contributed by atoms with Crippen molar-refractivity contribution in [2.45, 2.75) is 20.3 Å². The Morgan fingerprint density at radius 1 is 1.45 bits per heavy atom. The van der Waals surface area contributed by atoms with E-state index in [1.807, 2.05) is 13.8 Å². The Kier molecular flexibility index (Phi) is 5.84. The van der Waals surface area contributed by atoms with E-state index in [0.717, 1.165) is 6.42 Å². The molecule has 1 atom stereocenters. The second-order valence-electron chi connectivity index (χ2n) is 2.29. The van der Waals surface area contributed by atoms with Gasteiger partial charge in [0.1, 0.15) is 0 Å². The summed E-state index contributed by atoms with van der Waals surface area (Å²) in [5.74, 6) is -0.277. The van der Waals surface area contributed by atoms with Gasteiger partial charge in [0.25, 0.3) is 0 Å². The summed E-state index contributed by atoms with van der Waals surface area (Å²) >= 11 is 0. The van der Waals surface area contributed by atoms with Crippen LogP contribution in [0, 0.1) is 5.92 Å². The number of ether oxygens (including phenoxy) is 2. The normalized spacial score (nSPS) is 12.6. The minimum absolute atomic E-state index is 0.0973. The third kappa shape index (κ3) is 3.98. The van der Waals surface area contributed by atoms with Crippen molar-refractivity contribution in [1.29, 1.82) is 0 Å². The zero-order valence-electron chi connectivity index (χ0n) is 7.42. The summed E-state index contributed by atoms with van der Waals surface area (Å²) < 4.78 is 9.69. The van der Waals surface area contributed by atoms with Crippen LogP contribution in [0.4, 0.5) is 0 Å². The molecular formula is C8H16O3. The first-order valence-electron chi connectivity index (χ1n) is 3.91. The SMILES string of the molecule is CCOCC(CC)C(=O)OC. The highest BCUT2D eigenvalue weighted by Crippen LogP contribution is 2.04. The lowest BCUT2D eigenvalue weighted by atomic mass is 10.1. The fourth-order valence-corrected chi connectivity index (χ4v) is 0.779. The Balaban J connectivity index is 3.65. The molecule has 0 aromatic heterocycles. The number of hydrogen-bond acceptors (Lipinski definition) is 3. The minimum Gasteiger partial charge on any atom is -0.469 e. The average Bonchev–Trinajstić information content (AvgIpc) is 2.05. The van der Waals surface area contributed by atoms with Gasteiger partial charge in [-0.05, 0) is 13.3 Å². The molecule has 0 aromatic carbocycles. The molecule has 0 amide bonds. The van der Waals surface area contributed by atoms with Crippen molar-refractivity contribution in [3.63, 3.8) is 0 Å². The Morgan fingerprint density at radius 3 is 2.45 bits per heavy atom. The van der Waals surface area contributed by atoms with E-state index in [9.17, 15) is 4.79 Å². The van der Waals surface area contributed by atoms with Crippen molar-refractivity contribution in [3.05, 3.63) is 0 Å². The van der Waals surface area contributed by atoms with Gasteiger partial charge in [-0.1, -0.05) is 6.92 Å². The molecule has 0 N–H and O–H groups in total. The molecule has 0 rings (SSSR count). The maximum atomic E-state index is 10.9. The zero-order chi connectivity index (χ0) is 8.69. The van der Waals surface area contributed by atoms with Gasteiger partial charge < -0.3 is 9.47 Å². The molecule has 0 aliphatic heterocycles. The topological polar surface area (TPSA) is 35.5 Å². The smallest absolute Gasteiger partial charge is 0.310 e. The van der Waals surface area contributed by atoms with Crippen LogP contribution in [0.3, 0.4) is 0 Å². The Bertz CT molecular complexity index is 112. The lowest BCUT2D eigenvalue weighted by Gasteiger charge is -2.11. The van der Waals surface area contributed by atoms with E-state index in [1.165, 1.54) is 7.11 Å². The fourth-order valence-electron chi connectivity index (χ4n) is 0.779. The predicted octanol–water partition coefficient (Wildman–Crippen LogP) is 1.22. The highest BCUT2D eigenvalue weighted by molar-refractivity contribution is 5.72. The van der Waals surface area contributed by atoms with Crippen molar-refractivity contribution in [2.75, 3.05) is 20.3 Å². The maximum Gasteiger partial charge on any atom is 0.310 e. The van der Waals surface area contributed by atoms with Gasteiger partial charge in [-0.25, -0.2) is 0 Å². The number of hydrogen-bond donors (Lipinski definition) is 0. The first-order valence-corrected chi connectivity index (χ1v) is 3.91. The van der Waals surface area contributed by atoms with Crippen LogP contribution in [0.15, 0.2) is 0 Å². The summed E-state index contributed by atoms with van der Waals surface area (Å²) in [4.78, 5) is 10.9. The van der Waals surface area contributed by atoms with Crippen LogP contribution in [0.5, 0.6) is 0 Å². The number of carbonyl (C=O) groups is 1. The third-order valence-electron chi connectivity index (χ3n) is 1.55. The summed E-state index contributed by atoms with van der Waals surface area (Å²) in [6, 6.07) is 0. The molecule has 66 valence electrons. The minimum atomic E-state index is -0.180. The number of rotatable bonds is 5. The van der Waals surface area contributed by atoms with Crippen molar-refractivity contribution in [2.24, 2.45) is 5.92 Å². The van der Waals surface area contributed by atoms with Gasteiger partial charge in [0, 0.05) is 6.61 Å². The van der Waals surface area contributed by atoms with Crippen LogP contribution in [-0.4, -0.2) is 26.3 Å². The van der Waals surface area contributed by atoms with Crippen LogP contribution in [0.2, 0.25) is 0 Å². The number of carbonyl (C=O) groups excluding carboxylic acids is 1. The molecule has 0 saturated heterocycles. The highest BCUT2D eigenvalue weighted by atomic mass is 16.5. The first kappa shape index (κ1) is 10.4. The molecule has 0 saturated carbocycles. The molecule has 0 heterocycles. The molecule has 0 radical (unpaired) electrons. The predicted molar refractivity (Wildman–Crippen MR) is 42.3 cm³/mol. The van der Waals surface area contributed by atoms with Gasteiger partial charge in [-0.15, -0.1) is 0 Å².